The van der Waals surface area contributed by atoms with Crippen LogP contribution in [0.5, 0.6) is 0 Å². The number of rotatable bonds is 6. The maximum Gasteiger partial charge on any atom is 0.269 e. The maximum atomic E-state index is 10.9. The zero-order valence-electron chi connectivity index (χ0n) is 13.8. The minimum Gasteiger partial charge on any atom is -0.367 e. The van der Waals surface area contributed by atoms with E-state index in [1.807, 2.05) is 31.1 Å². The summed E-state index contributed by atoms with van der Waals surface area (Å²) in [5.74, 6) is 1.49. The summed E-state index contributed by atoms with van der Waals surface area (Å²) in [5.41, 5.74) is 2.06. The van der Waals surface area contributed by atoms with Crippen molar-refractivity contribution < 1.29 is 4.92 Å². The average molecular weight is 328 g/mol. The Morgan fingerprint density at radius 1 is 1.29 bits per heavy atom. The van der Waals surface area contributed by atoms with Crippen molar-refractivity contribution in [1.29, 1.82) is 0 Å². The molecule has 0 spiro atoms. The van der Waals surface area contributed by atoms with Gasteiger partial charge in [0, 0.05) is 37.5 Å². The third kappa shape index (κ3) is 3.43. The summed E-state index contributed by atoms with van der Waals surface area (Å²) in [5, 5.41) is 22.6. The summed E-state index contributed by atoms with van der Waals surface area (Å²) >= 11 is 0. The first-order valence-corrected chi connectivity index (χ1v) is 7.82. The van der Waals surface area contributed by atoms with Gasteiger partial charge in [-0.15, -0.1) is 10.2 Å². The van der Waals surface area contributed by atoms with Crippen molar-refractivity contribution in [2.24, 2.45) is 0 Å². The van der Waals surface area contributed by atoms with Crippen LogP contribution in [0.2, 0.25) is 0 Å². The number of nitrogens with one attached hydrogen (secondary N) is 1. The molecule has 1 aromatic heterocycles. The van der Waals surface area contributed by atoms with E-state index >= 15 is 0 Å². The molecule has 8 nitrogen and oxygen atoms in total. The lowest BCUT2D eigenvalue weighted by molar-refractivity contribution is -0.384. The lowest BCUT2D eigenvalue weighted by atomic mass is 10.1. The van der Waals surface area contributed by atoms with E-state index in [0.717, 1.165) is 48.9 Å². The minimum atomic E-state index is -0.364. The van der Waals surface area contributed by atoms with E-state index in [1.165, 1.54) is 6.07 Å². The summed E-state index contributed by atoms with van der Waals surface area (Å²) in [6, 6.07) is 8.77. The molecule has 24 heavy (non-hydrogen) atoms. The molecule has 2 aromatic rings. The SMILES string of the molecule is CN(C)CCNc1ccc(N2CCc3cc([N+](=O)[O-])ccc32)nn1. The fourth-order valence-corrected chi connectivity index (χ4v) is 2.71. The average Bonchev–Trinajstić information content (AvgIpc) is 2.98. The van der Waals surface area contributed by atoms with Crippen LogP contribution in [0.1, 0.15) is 5.56 Å². The largest absolute Gasteiger partial charge is 0.367 e. The number of hydrogen-bond acceptors (Lipinski definition) is 7. The van der Waals surface area contributed by atoms with E-state index in [0.29, 0.717) is 0 Å². The molecule has 8 heteroatoms. The normalized spacial score (nSPS) is 13.2. The van der Waals surface area contributed by atoms with E-state index in [9.17, 15) is 10.1 Å². The Bertz CT molecular complexity index is 732. The van der Waals surface area contributed by atoms with Gasteiger partial charge in [-0.1, -0.05) is 0 Å². The first-order valence-electron chi connectivity index (χ1n) is 7.82. The fourth-order valence-electron chi connectivity index (χ4n) is 2.71. The van der Waals surface area contributed by atoms with E-state index in [-0.39, 0.29) is 10.6 Å². The van der Waals surface area contributed by atoms with Crippen molar-refractivity contribution in [1.82, 2.24) is 15.1 Å². The Morgan fingerprint density at radius 2 is 2.12 bits per heavy atom. The molecule has 0 aliphatic carbocycles. The fraction of sp³-hybridized carbons (Fsp3) is 0.375. The van der Waals surface area contributed by atoms with Gasteiger partial charge in [-0.2, -0.15) is 0 Å². The molecule has 0 amide bonds. The van der Waals surface area contributed by atoms with Crippen LogP contribution in [0.25, 0.3) is 0 Å². The number of nitro groups is 1. The van der Waals surface area contributed by atoms with E-state index in [1.54, 1.807) is 12.1 Å². The van der Waals surface area contributed by atoms with Crippen LogP contribution in [0, 0.1) is 10.1 Å². The number of benzene rings is 1. The molecule has 3 rings (SSSR count). The molecular weight excluding hydrogens is 308 g/mol. The van der Waals surface area contributed by atoms with E-state index in [4.69, 9.17) is 0 Å². The highest BCUT2D eigenvalue weighted by Crippen LogP contribution is 2.35. The second-order valence-corrected chi connectivity index (χ2v) is 5.98. The highest BCUT2D eigenvalue weighted by Gasteiger charge is 2.23. The molecule has 0 saturated carbocycles. The van der Waals surface area contributed by atoms with Gasteiger partial charge < -0.3 is 15.1 Å². The number of nitro benzene ring substituents is 1. The van der Waals surface area contributed by atoms with E-state index < -0.39 is 0 Å². The van der Waals surface area contributed by atoms with Gasteiger partial charge in [-0.3, -0.25) is 10.1 Å². The Hall–Kier alpha value is -2.74. The monoisotopic (exact) mass is 328 g/mol. The molecule has 1 aliphatic heterocycles. The third-order valence-corrected chi connectivity index (χ3v) is 3.96. The quantitative estimate of drug-likeness (QED) is 0.641. The number of nitrogens with zero attached hydrogens (tertiary/aromatic N) is 5. The molecular formula is C16H20N6O2. The molecule has 0 saturated heterocycles. The van der Waals surface area contributed by atoms with E-state index in [2.05, 4.69) is 20.4 Å². The second kappa shape index (κ2) is 6.79. The van der Waals surface area contributed by atoms with Gasteiger partial charge >= 0.3 is 0 Å². The van der Waals surface area contributed by atoms with Gasteiger partial charge in [0.25, 0.3) is 5.69 Å². The molecule has 2 heterocycles. The van der Waals surface area contributed by atoms with Crippen LogP contribution >= 0.6 is 0 Å². The van der Waals surface area contributed by atoms with Crippen LogP contribution in [0.4, 0.5) is 23.0 Å². The summed E-state index contributed by atoms with van der Waals surface area (Å²) in [6.45, 7) is 2.47. The van der Waals surface area contributed by atoms with Gasteiger partial charge in [-0.25, -0.2) is 0 Å². The minimum absolute atomic E-state index is 0.127. The number of fused-ring (bicyclic) bond motifs is 1. The topological polar surface area (TPSA) is 87.4 Å². The molecule has 0 bridgehead atoms. The molecule has 0 unspecified atom stereocenters. The zero-order chi connectivity index (χ0) is 17.1. The molecule has 0 atom stereocenters. The van der Waals surface area contributed by atoms with Crippen LogP contribution < -0.4 is 10.2 Å². The number of non-ortho nitro benzene ring substituents is 1. The zero-order valence-corrected chi connectivity index (χ0v) is 13.8. The van der Waals surface area contributed by atoms with Crippen LogP contribution in [0.15, 0.2) is 30.3 Å². The predicted octanol–water partition coefficient (Wildman–Crippen LogP) is 2.05. The van der Waals surface area contributed by atoms with Gasteiger partial charge in [-0.05, 0) is 44.3 Å². The van der Waals surface area contributed by atoms with Gasteiger partial charge in [0.15, 0.2) is 5.82 Å². The van der Waals surface area contributed by atoms with Crippen LogP contribution in [-0.2, 0) is 6.42 Å². The third-order valence-electron chi connectivity index (χ3n) is 3.96. The number of likely N-dealkylation sites (N-methyl/N-ethyl adjacent to an activating group) is 1. The van der Waals surface area contributed by atoms with Crippen molar-refractivity contribution in [3.63, 3.8) is 0 Å². The Morgan fingerprint density at radius 3 is 2.79 bits per heavy atom. The number of anilines is 3. The predicted molar refractivity (Wildman–Crippen MR) is 92.9 cm³/mol. The summed E-state index contributed by atoms with van der Waals surface area (Å²) in [6.07, 6.45) is 0.765. The molecule has 1 aromatic carbocycles. The Kier molecular flexibility index (Phi) is 4.57. The Balaban J connectivity index is 1.71. The van der Waals surface area contributed by atoms with Crippen molar-refractivity contribution in [3.8, 4) is 0 Å². The summed E-state index contributed by atoms with van der Waals surface area (Å²) in [4.78, 5) is 14.6. The summed E-state index contributed by atoms with van der Waals surface area (Å²) in [7, 11) is 4.04. The van der Waals surface area contributed by atoms with Crippen molar-refractivity contribution in [2.45, 2.75) is 6.42 Å². The first kappa shape index (κ1) is 16.1. The van der Waals surface area contributed by atoms with Crippen molar-refractivity contribution >= 4 is 23.0 Å². The smallest absolute Gasteiger partial charge is 0.269 e. The lowest BCUT2D eigenvalue weighted by Gasteiger charge is -2.18. The molecule has 0 radical (unpaired) electrons. The number of aromatic nitrogens is 2. The van der Waals surface area contributed by atoms with Gasteiger partial charge in [0.05, 0.1) is 4.92 Å². The van der Waals surface area contributed by atoms with Crippen molar-refractivity contribution in [3.05, 3.63) is 46.0 Å². The van der Waals surface area contributed by atoms with Crippen LogP contribution in [-0.4, -0.2) is 53.8 Å². The highest BCUT2D eigenvalue weighted by molar-refractivity contribution is 5.69. The Labute approximate surface area is 140 Å². The van der Waals surface area contributed by atoms with Gasteiger partial charge in [0.1, 0.15) is 5.82 Å². The standard InChI is InChI=1S/C16H20N6O2/c1-20(2)10-8-17-15-5-6-16(19-18-15)21-9-7-12-11-13(22(23)24)3-4-14(12)21/h3-6,11H,7-10H2,1-2H3,(H,17,18). The first-order chi connectivity index (χ1) is 11.5. The second-order valence-electron chi connectivity index (χ2n) is 5.98. The lowest BCUT2D eigenvalue weighted by Crippen LogP contribution is -2.21. The molecule has 1 aliphatic rings. The maximum absolute atomic E-state index is 10.9. The van der Waals surface area contributed by atoms with Gasteiger partial charge in [0.2, 0.25) is 0 Å². The molecule has 0 fully saturated rings. The highest BCUT2D eigenvalue weighted by atomic mass is 16.6. The molecule has 126 valence electrons. The van der Waals surface area contributed by atoms with Crippen LogP contribution in [0.3, 0.4) is 0 Å². The number of hydrogen-bond donors (Lipinski definition) is 1. The van der Waals surface area contributed by atoms with Crippen molar-refractivity contribution in [2.75, 3.05) is 43.9 Å². The molecule has 1 N–H and O–H groups in total. The summed E-state index contributed by atoms with van der Waals surface area (Å²) < 4.78 is 0.